The van der Waals surface area contributed by atoms with Gasteiger partial charge in [-0.05, 0) is 76.4 Å². The Hall–Kier alpha value is -7.30. The fourth-order valence-electron chi connectivity index (χ4n) is 6.44. The summed E-state index contributed by atoms with van der Waals surface area (Å²) in [6, 6.07) is 24.9. The highest BCUT2D eigenvalue weighted by Crippen LogP contribution is 2.40. The van der Waals surface area contributed by atoms with Gasteiger partial charge in [0.1, 0.15) is 46.6 Å². The molecule has 3 aromatic carbocycles. The van der Waals surface area contributed by atoms with E-state index in [4.69, 9.17) is 23.9 Å². The van der Waals surface area contributed by atoms with E-state index >= 15 is 4.39 Å². The number of hydrogen-bond acceptors (Lipinski definition) is 12. The van der Waals surface area contributed by atoms with Crippen molar-refractivity contribution in [2.24, 2.45) is 0 Å². The number of ether oxygens (including phenoxy) is 4. The molecule has 0 atom stereocenters. The van der Waals surface area contributed by atoms with E-state index < -0.39 is 41.0 Å². The van der Waals surface area contributed by atoms with E-state index in [0.717, 1.165) is 17.3 Å². The first kappa shape index (κ1) is 45.2. The molecule has 0 fully saturated rings. The lowest BCUT2D eigenvalue weighted by Crippen LogP contribution is -2.34. The summed E-state index contributed by atoms with van der Waals surface area (Å²) in [4.78, 5) is 49.2. The van der Waals surface area contributed by atoms with Crippen molar-refractivity contribution < 1.29 is 42.1 Å². The third kappa shape index (κ3) is 12.2. The predicted octanol–water partition coefficient (Wildman–Crippen LogP) is 8.93. The van der Waals surface area contributed by atoms with Gasteiger partial charge in [0.05, 0.1) is 37.3 Å². The van der Waals surface area contributed by atoms with Crippen LogP contribution >= 0.6 is 0 Å². The number of hydrogen-bond donors (Lipinski definition) is 3. The van der Waals surface area contributed by atoms with Crippen molar-refractivity contribution in [2.75, 3.05) is 35.8 Å². The Morgan fingerprint density at radius 3 is 2.05 bits per heavy atom. The highest BCUT2D eigenvalue weighted by Gasteiger charge is 2.28. The normalized spacial score (nSPS) is 11.4. The van der Waals surface area contributed by atoms with Crippen LogP contribution in [-0.2, 0) is 33.8 Å². The number of anilines is 3. The van der Waals surface area contributed by atoms with E-state index in [9.17, 15) is 18.8 Å². The first-order valence-electron chi connectivity index (χ1n) is 20.1. The molecule has 0 aliphatic rings. The lowest BCUT2D eigenvalue weighted by Gasteiger charge is -2.29. The van der Waals surface area contributed by atoms with Crippen molar-refractivity contribution in [2.45, 2.75) is 72.4 Å². The van der Waals surface area contributed by atoms with Crippen LogP contribution in [-0.4, -0.2) is 69.2 Å². The van der Waals surface area contributed by atoms with Crippen LogP contribution in [0.1, 0.15) is 68.6 Å². The molecule has 6 rings (SSSR count). The molecule has 63 heavy (non-hydrogen) atoms. The van der Waals surface area contributed by atoms with Crippen molar-refractivity contribution in [3.05, 3.63) is 131 Å². The third-order valence-electron chi connectivity index (χ3n) is 9.00. The molecular weight excluding hydrogens is 815 g/mol. The quantitative estimate of drug-likeness (QED) is 0.0510. The summed E-state index contributed by atoms with van der Waals surface area (Å²) >= 11 is 0. The van der Waals surface area contributed by atoms with E-state index in [0.29, 0.717) is 30.0 Å². The van der Waals surface area contributed by atoms with E-state index in [1.165, 1.54) is 36.0 Å². The molecule has 0 unspecified atom stereocenters. The number of nitrogens with one attached hydrogen (secondary N) is 3. The minimum atomic E-state index is -0.841. The van der Waals surface area contributed by atoms with E-state index in [1.54, 1.807) is 47.6 Å². The number of fused-ring (bicyclic) bond motifs is 1. The molecule has 0 aliphatic carbocycles. The summed E-state index contributed by atoms with van der Waals surface area (Å²) in [5.74, 6) is -1.52. The van der Waals surface area contributed by atoms with Crippen molar-refractivity contribution in [3.63, 3.8) is 0 Å². The number of carbonyl (C=O) groups excluding carboxylic acids is 3. The van der Waals surface area contributed by atoms with Gasteiger partial charge in [-0.25, -0.2) is 33.1 Å². The molecule has 2 amide bonds. The van der Waals surface area contributed by atoms with Gasteiger partial charge in [-0.1, -0.05) is 66.7 Å². The van der Waals surface area contributed by atoms with Crippen molar-refractivity contribution in [1.29, 1.82) is 0 Å². The Morgan fingerprint density at radius 1 is 0.810 bits per heavy atom. The molecule has 3 heterocycles. The number of alkyl carbamates (subject to hydrolysis) is 1. The number of aromatic nitrogens is 4. The second-order valence-corrected chi connectivity index (χ2v) is 16.3. The molecule has 15 nitrogen and oxygen atoms in total. The molecule has 330 valence electrons. The fraction of sp³-hybridized carbons (Fsp3) is 0.304. The van der Waals surface area contributed by atoms with Crippen molar-refractivity contribution >= 4 is 41.1 Å². The summed E-state index contributed by atoms with van der Waals surface area (Å²) in [7, 11) is 1.24. The smallest absolute Gasteiger partial charge is 0.412 e. The number of pyridine rings is 1. The van der Waals surface area contributed by atoms with E-state index in [-0.39, 0.29) is 53.9 Å². The fourth-order valence-corrected chi connectivity index (χ4v) is 6.44. The van der Waals surface area contributed by atoms with E-state index in [2.05, 4.69) is 26.0 Å². The van der Waals surface area contributed by atoms with Gasteiger partial charge in [0.25, 0.3) is 0 Å². The Morgan fingerprint density at radius 2 is 1.44 bits per heavy atom. The zero-order chi connectivity index (χ0) is 45.3. The summed E-state index contributed by atoms with van der Waals surface area (Å²) in [6.45, 7) is 10.9. The average molecular weight is 865 g/mol. The molecule has 0 saturated carbocycles. The van der Waals surface area contributed by atoms with Crippen LogP contribution in [0.25, 0.3) is 16.8 Å². The van der Waals surface area contributed by atoms with Gasteiger partial charge in [0.15, 0.2) is 5.65 Å². The second-order valence-electron chi connectivity index (χ2n) is 16.3. The zero-order valence-electron chi connectivity index (χ0n) is 36.1. The van der Waals surface area contributed by atoms with Crippen molar-refractivity contribution in [3.8, 4) is 17.0 Å². The van der Waals surface area contributed by atoms with Gasteiger partial charge in [-0.2, -0.15) is 9.61 Å². The molecule has 6 aromatic rings. The average Bonchev–Trinajstić information content (AvgIpc) is 3.65. The number of methoxy groups -OCH3 is 1. The van der Waals surface area contributed by atoms with Gasteiger partial charge in [0.2, 0.25) is 5.88 Å². The standard InChI is InChI=1S/C46H50F2N8O7/c1-45(2,3)62-43(58)49-20-21-61-40-32(22-33(47)25-51-40)24-50-38-37(31-18-19-36(35(48)23-31)53-44(59)63-46(4,5)6)41(56-39(54-38)34(26-52-56)42(57)60-7)55(27-29-14-10-8-11-15-29)28-30-16-12-9-13-17-30/h8-19,22-23,25-26H,20-21,24,27-28H2,1-7H3,(H,49,58)(H,50,54)(H,53,59). The SMILES string of the molecule is COC(=O)c1cnn2c(N(Cc3ccccc3)Cc3ccccc3)c(-c3ccc(NC(=O)OC(C)(C)C)c(F)c3)c(NCc3cc(F)cnc3OCCNC(=O)OC(C)(C)C)nc12. The third-order valence-corrected chi connectivity index (χ3v) is 9.00. The minimum Gasteiger partial charge on any atom is -0.476 e. The Balaban J connectivity index is 1.49. The van der Waals surface area contributed by atoms with Crippen LogP contribution in [0.15, 0.2) is 97.3 Å². The molecule has 0 spiro atoms. The number of carbonyl (C=O) groups is 3. The highest BCUT2D eigenvalue weighted by molar-refractivity contribution is 5.98. The second kappa shape index (κ2) is 19.6. The van der Waals surface area contributed by atoms with Gasteiger partial charge < -0.3 is 34.5 Å². The first-order chi connectivity index (χ1) is 30.0. The van der Waals surface area contributed by atoms with Crippen LogP contribution < -0.4 is 25.6 Å². The Bertz CT molecular complexity index is 2520. The molecular formula is C46H50F2N8O7. The molecule has 0 radical (unpaired) electrons. The lowest BCUT2D eigenvalue weighted by atomic mass is 10.0. The summed E-state index contributed by atoms with van der Waals surface area (Å²) in [5.41, 5.74) is 1.27. The van der Waals surface area contributed by atoms with Crippen LogP contribution in [0.4, 0.5) is 35.7 Å². The topological polar surface area (TPSA) is 171 Å². The number of nitrogens with zero attached hydrogens (tertiary/aromatic N) is 5. The van der Waals surface area contributed by atoms with Crippen LogP contribution in [0.2, 0.25) is 0 Å². The Labute approximate surface area is 363 Å². The van der Waals surface area contributed by atoms with Crippen molar-refractivity contribution in [1.82, 2.24) is 24.9 Å². The monoisotopic (exact) mass is 864 g/mol. The molecule has 0 aliphatic heterocycles. The van der Waals surface area contributed by atoms with Crippen LogP contribution in [0.5, 0.6) is 5.88 Å². The number of rotatable bonds is 15. The lowest BCUT2D eigenvalue weighted by molar-refractivity contribution is 0.0517. The largest absolute Gasteiger partial charge is 0.476 e. The number of amides is 2. The number of benzene rings is 3. The highest BCUT2D eigenvalue weighted by atomic mass is 19.1. The maximum Gasteiger partial charge on any atom is 0.412 e. The summed E-state index contributed by atoms with van der Waals surface area (Å²) in [6.07, 6.45) is 0.876. The van der Waals surface area contributed by atoms with Gasteiger partial charge in [0, 0.05) is 25.2 Å². The van der Waals surface area contributed by atoms with Gasteiger partial charge in [-0.15, -0.1) is 0 Å². The minimum absolute atomic E-state index is 0.0281. The molecule has 3 N–H and O–H groups in total. The molecule has 17 heteroatoms. The molecule has 3 aromatic heterocycles. The maximum absolute atomic E-state index is 16.3. The van der Waals surface area contributed by atoms with Gasteiger partial charge in [-0.3, -0.25) is 5.32 Å². The first-order valence-corrected chi connectivity index (χ1v) is 20.1. The Kier molecular flexibility index (Phi) is 14.1. The van der Waals surface area contributed by atoms with Gasteiger partial charge >= 0.3 is 18.2 Å². The van der Waals surface area contributed by atoms with Crippen LogP contribution in [0, 0.1) is 11.6 Å². The number of esters is 1. The molecule has 0 saturated heterocycles. The summed E-state index contributed by atoms with van der Waals surface area (Å²) in [5, 5.41) is 13.0. The maximum atomic E-state index is 16.3. The van der Waals surface area contributed by atoms with E-state index in [1.807, 2.05) is 65.6 Å². The van der Waals surface area contributed by atoms with Crippen LogP contribution in [0.3, 0.4) is 0 Å². The predicted molar refractivity (Wildman–Crippen MR) is 234 cm³/mol. The molecule has 0 bridgehead atoms. The summed E-state index contributed by atoms with van der Waals surface area (Å²) < 4.78 is 54.3. The zero-order valence-corrected chi connectivity index (χ0v) is 36.1. The number of halogens is 2.